The van der Waals surface area contributed by atoms with Gasteiger partial charge in [-0.15, -0.1) is 0 Å². The number of hydrogen-bond donors (Lipinski definition) is 3. The number of benzene rings is 2. The van der Waals surface area contributed by atoms with Crippen molar-refractivity contribution in [1.82, 2.24) is 10.6 Å². The van der Waals surface area contributed by atoms with Gasteiger partial charge in [0.1, 0.15) is 0 Å². The fourth-order valence-electron chi connectivity index (χ4n) is 2.33. The third kappa shape index (κ3) is 4.86. The number of rotatable bonds is 6. The Hall–Kier alpha value is -2.27. The first-order valence-corrected chi connectivity index (χ1v) is 8.00. The minimum atomic E-state index is 0.132. The zero-order chi connectivity index (χ0) is 16.7. The van der Waals surface area contributed by atoms with Gasteiger partial charge in [-0.2, -0.15) is 0 Å². The first-order valence-electron chi connectivity index (χ1n) is 7.59. The van der Waals surface area contributed by atoms with E-state index in [-0.39, 0.29) is 11.8 Å². The molecule has 4 nitrogen and oxygen atoms in total. The lowest BCUT2D eigenvalue weighted by atomic mass is 10.1. The lowest BCUT2D eigenvalue weighted by Crippen LogP contribution is -2.37. The molecule has 0 saturated carbocycles. The lowest BCUT2D eigenvalue weighted by Gasteiger charge is -2.20. The predicted octanol–water partition coefficient (Wildman–Crippen LogP) is 3.52. The number of methoxy groups -OCH3 is 1. The molecule has 0 aliphatic rings. The summed E-state index contributed by atoms with van der Waals surface area (Å²) in [5.41, 5.74) is 2.20. The second kappa shape index (κ2) is 8.39. The number of aromatic hydroxyl groups is 1. The molecule has 5 heteroatoms. The zero-order valence-electron chi connectivity index (χ0n) is 13.4. The second-order valence-corrected chi connectivity index (χ2v) is 5.61. The quantitative estimate of drug-likeness (QED) is 0.708. The smallest absolute Gasteiger partial charge is 0.167 e. The molecule has 3 N–H and O–H groups in total. The highest BCUT2D eigenvalue weighted by atomic mass is 32.1. The largest absolute Gasteiger partial charge is 0.504 e. The van der Waals surface area contributed by atoms with Crippen molar-refractivity contribution in [3.63, 3.8) is 0 Å². The summed E-state index contributed by atoms with van der Waals surface area (Å²) in [4.78, 5) is 0. The molecule has 2 aromatic rings. The first-order chi connectivity index (χ1) is 11.1. The van der Waals surface area contributed by atoms with Crippen LogP contribution in [0.3, 0.4) is 0 Å². The Labute approximate surface area is 142 Å². The topological polar surface area (TPSA) is 53.5 Å². The summed E-state index contributed by atoms with van der Waals surface area (Å²) in [6, 6.07) is 15.7. The van der Waals surface area contributed by atoms with Crippen LogP contribution in [0, 0.1) is 0 Å². The number of ether oxygens (including phenoxy) is 1. The van der Waals surface area contributed by atoms with E-state index in [9.17, 15) is 5.11 Å². The van der Waals surface area contributed by atoms with Crippen LogP contribution in [0.4, 0.5) is 0 Å². The maximum atomic E-state index is 9.61. The highest BCUT2D eigenvalue weighted by Crippen LogP contribution is 2.26. The van der Waals surface area contributed by atoms with Crippen molar-refractivity contribution in [1.29, 1.82) is 0 Å². The average Bonchev–Trinajstić information content (AvgIpc) is 2.59. The van der Waals surface area contributed by atoms with Crippen LogP contribution in [-0.2, 0) is 6.54 Å². The van der Waals surface area contributed by atoms with Crippen LogP contribution < -0.4 is 15.4 Å². The third-order valence-electron chi connectivity index (χ3n) is 3.61. The molecular formula is C18H22N2O2S. The van der Waals surface area contributed by atoms with Gasteiger partial charge in [-0.3, -0.25) is 0 Å². The summed E-state index contributed by atoms with van der Waals surface area (Å²) in [6.07, 6.45) is 0.943. The standard InChI is InChI=1S/C18H22N2O2S/c1-3-15(14-7-5-4-6-8-14)20-18(23)19-12-13-9-10-16(21)17(11-13)22-2/h4-11,15,21H,3,12H2,1-2H3,(H2,19,20,23)/t15-/m0/s1. The van der Waals surface area contributed by atoms with Crippen molar-refractivity contribution in [3.05, 3.63) is 59.7 Å². The molecule has 0 saturated heterocycles. The van der Waals surface area contributed by atoms with Crippen molar-refractivity contribution in [2.24, 2.45) is 0 Å². The molecule has 2 aromatic carbocycles. The molecule has 0 bridgehead atoms. The van der Waals surface area contributed by atoms with Crippen LogP contribution >= 0.6 is 12.2 Å². The van der Waals surface area contributed by atoms with E-state index in [4.69, 9.17) is 17.0 Å². The minimum absolute atomic E-state index is 0.132. The summed E-state index contributed by atoms with van der Waals surface area (Å²) in [7, 11) is 1.53. The SMILES string of the molecule is CC[C@H](NC(=S)NCc1ccc(O)c(OC)c1)c1ccccc1. The van der Waals surface area contributed by atoms with Crippen LogP contribution in [-0.4, -0.2) is 17.3 Å². The maximum absolute atomic E-state index is 9.61. The van der Waals surface area contributed by atoms with Crippen molar-refractivity contribution < 1.29 is 9.84 Å². The van der Waals surface area contributed by atoms with E-state index in [1.165, 1.54) is 12.7 Å². The first kappa shape index (κ1) is 17.1. The summed E-state index contributed by atoms with van der Waals surface area (Å²) in [6.45, 7) is 2.69. The molecular weight excluding hydrogens is 308 g/mol. The van der Waals surface area contributed by atoms with E-state index < -0.39 is 0 Å². The van der Waals surface area contributed by atoms with Gasteiger partial charge in [-0.25, -0.2) is 0 Å². The van der Waals surface area contributed by atoms with Crippen LogP contribution in [0.1, 0.15) is 30.5 Å². The zero-order valence-corrected chi connectivity index (χ0v) is 14.2. The maximum Gasteiger partial charge on any atom is 0.167 e. The third-order valence-corrected chi connectivity index (χ3v) is 3.87. The molecule has 0 aliphatic heterocycles. The molecule has 0 spiro atoms. The van der Waals surface area contributed by atoms with Gasteiger partial charge in [0.2, 0.25) is 0 Å². The van der Waals surface area contributed by atoms with Crippen molar-refractivity contribution in [2.45, 2.75) is 25.9 Å². The Balaban J connectivity index is 1.92. The average molecular weight is 330 g/mol. The predicted molar refractivity (Wildman–Crippen MR) is 96.7 cm³/mol. The van der Waals surface area contributed by atoms with E-state index in [2.05, 4.69) is 29.7 Å². The number of hydrogen-bond acceptors (Lipinski definition) is 3. The van der Waals surface area contributed by atoms with E-state index in [0.717, 1.165) is 12.0 Å². The molecule has 122 valence electrons. The number of phenols is 1. The van der Waals surface area contributed by atoms with E-state index in [1.807, 2.05) is 24.3 Å². The van der Waals surface area contributed by atoms with Gasteiger partial charge in [0.15, 0.2) is 16.6 Å². The molecule has 23 heavy (non-hydrogen) atoms. The second-order valence-electron chi connectivity index (χ2n) is 5.20. The van der Waals surface area contributed by atoms with Crippen LogP contribution in [0.15, 0.2) is 48.5 Å². The molecule has 0 radical (unpaired) electrons. The molecule has 0 unspecified atom stereocenters. The number of phenolic OH excluding ortho intramolecular Hbond substituents is 1. The Bertz CT molecular complexity index is 647. The molecule has 0 aliphatic carbocycles. The van der Waals surface area contributed by atoms with Gasteiger partial charge < -0.3 is 20.5 Å². The van der Waals surface area contributed by atoms with Crippen molar-refractivity contribution in [3.8, 4) is 11.5 Å². The summed E-state index contributed by atoms with van der Waals surface area (Å²) >= 11 is 5.38. The van der Waals surface area contributed by atoms with Crippen LogP contribution in [0.25, 0.3) is 0 Å². The monoisotopic (exact) mass is 330 g/mol. The normalized spacial score (nSPS) is 11.6. The van der Waals surface area contributed by atoms with Crippen LogP contribution in [0.5, 0.6) is 11.5 Å². The van der Waals surface area contributed by atoms with Crippen molar-refractivity contribution >= 4 is 17.3 Å². The fraction of sp³-hybridized carbons (Fsp3) is 0.278. The lowest BCUT2D eigenvalue weighted by molar-refractivity contribution is 0.373. The van der Waals surface area contributed by atoms with Gasteiger partial charge in [0, 0.05) is 6.54 Å². The Morgan fingerprint density at radius 1 is 1.22 bits per heavy atom. The number of nitrogens with one attached hydrogen (secondary N) is 2. The molecule has 0 aromatic heterocycles. The minimum Gasteiger partial charge on any atom is -0.504 e. The highest BCUT2D eigenvalue weighted by Gasteiger charge is 2.10. The van der Waals surface area contributed by atoms with E-state index in [0.29, 0.717) is 17.4 Å². The van der Waals surface area contributed by atoms with E-state index in [1.54, 1.807) is 12.1 Å². The van der Waals surface area contributed by atoms with Gasteiger partial charge in [0.25, 0.3) is 0 Å². The number of thiocarbonyl (C=S) groups is 1. The molecule has 0 fully saturated rings. The Kier molecular flexibility index (Phi) is 6.23. The molecule has 0 amide bonds. The highest BCUT2D eigenvalue weighted by molar-refractivity contribution is 7.80. The summed E-state index contributed by atoms with van der Waals surface area (Å²) in [5, 5.41) is 16.7. The van der Waals surface area contributed by atoms with Gasteiger partial charge in [-0.05, 0) is 41.9 Å². The summed E-state index contributed by atoms with van der Waals surface area (Å²) in [5.74, 6) is 0.589. The van der Waals surface area contributed by atoms with Gasteiger partial charge in [-0.1, -0.05) is 43.3 Å². The van der Waals surface area contributed by atoms with Crippen LogP contribution in [0.2, 0.25) is 0 Å². The summed E-state index contributed by atoms with van der Waals surface area (Å²) < 4.78 is 5.11. The Morgan fingerprint density at radius 3 is 2.61 bits per heavy atom. The van der Waals surface area contributed by atoms with Gasteiger partial charge in [0.05, 0.1) is 13.2 Å². The molecule has 1 atom stereocenters. The van der Waals surface area contributed by atoms with Crippen molar-refractivity contribution in [2.75, 3.05) is 7.11 Å². The Morgan fingerprint density at radius 2 is 1.96 bits per heavy atom. The fourth-order valence-corrected chi connectivity index (χ4v) is 2.54. The van der Waals surface area contributed by atoms with Gasteiger partial charge >= 0.3 is 0 Å². The molecule has 0 heterocycles. The van der Waals surface area contributed by atoms with E-state index >= 15 is 0 Å². The molecule has 2 rings (SSSR count).